The second-order valence-corrected chi connectivity index (χ2v) is 5.38. The molecule has 3 rings (SSSR count). The van der Waals surface area contributed by atoms with Crippen LogP contribution in [0, 0.1) is 0 Å². The van der Waals surface area contributed by atoms with Crippen LogP contribution in [-0.4, -0.2) is 15.3 Å². The van der Waals surface area contributed by atoms with Gasteiger partial charge in [0, 0.05) is 22.6 Å². The Balaban J connectivity index is 2.20. The molecule has 3 heteroatoms. The van der Waals surface area contributed by atoms with E-state index in [1.165, 1.54) is 0 Å². The SMILES string of the molecule is OC1=CCCC=C1C(c1ccccc1O)c1ccccc1O. The van der Waals surface area contributed by atoms with Crippen molar-refractivity contribution < 1.29 is 15.3 Å². The molecule has 22 heavy (non-hydrogen) atoms. The highest BCUT2D eigenvalue weighted by Crippen LogP contribution is 2.43. The van der Waals surface area contributed by atoms with Gasteiger partial charge in [-0.25, -0.2) is 0 Å². The van der Waals surface area contributed by atoms with Crippen LogP contribution in [0.4, 0.5) is 0 Å². The summed E-state index contributed by atoms with van der Waals surface area (Å²) in [5, 5.41) is 30.8. The van der Waals surface area contributed by atoms with Crippen LogP contribution in [0.5, 0.6) is 11.5 Å². The van der Waals surface area contributed by atoms with Crippen LogP contribution in [-0.2, 0) is 0 Å². The number of hydrogen-bond donors (Lipinski definition) is 3. The normalized spacial score (nSPS) is 14.6. The molecule has 0 fully saturated rings. The number of hydrogen-bond acceptors (Lipinski definition) is 3. The Labute approximate surface area is 129 Å². The first kappa shape index (κ1) is 14.3. The zero-order valence-corrected chi connectivity index (χ0v) is 12.1. The average Bonchev–Trinajstić information content (AvgIpc) is 2.53. The van der Waals surface area contributed by atoms with Crippen LogP contribution in [0.1, 0.15) is 29.9 Å². The maximum absolute atomic E-state index is 10.3. The van der Waals surface area contributed by atoms with Crippen molar-refractivity contribution in [1.29, 1.82) is 0 Å². The Morgan fingerprint density at radius 2 is 1.18 bits per heavy atom. The van der Waals surface area contributed by atoms with E-state index >= 15 is 0 Å². The van der Waals surface area contributed by atoms with Gasteiger partial charge in [-0.3, -0.25) is 0 Å². The highest BCUT2D eigenvalue weighted by Gasteiger charge is 2.27. The first-order valence-electron chi connectivity index (χ1n) is 7.34. The van der Waals surface area contributed by atoms with Crippen LogP contribution in [0.2, 0.25) is 0 Å². The number of phenolic OH excluding ortho intramolecular Hbond substituents is 2. The van der Waals surface area contributed by atoms with E-state index in [-0.39, 0.29) is 17.3 Å². The van der Waals surface area contributed by atoms with Crippen LogP contribution in [0.25, 0.3) is 0 Å². The fourth-order valence-corrected chi connectivity index (χ4v) is 2.91. The van der Waals surface area contributed by atoms with Crippen molar-refractivity contribution in [3.05, 3.63) is 83.1 Å². The Hall–Kier alpha value is -2.68. The molecular weight excluding hydrogens is 276 g/mol. The van der Waals surface area contributed by atoms with Crippen LogP contribution in [0.3, 0.4) is 0 Å². The summed E-state index contributed by atoms with van der Waals surface area (Å²) in [7, 11) is 0. The van der Waals surface area contributed by atoms with E-state index in [1.54, 1.807) is 30.3 Å². The van der Waals surface area contributed by atoms with Crippen LogP contribution < -0.4 is 0 Å². The van der Waals surface area contributed by atoms with Gasteiger partial charge in [0.25, 0.3) is 0 Å². The number of aromatic hydroxyl groups is 2. The Bertz CT molecular complexity index is 698. The molecular formula is C19H18O3. The standard InChI is InChI=1S/C19H18O3/c20-16-10-4-1-7-13(16)19(14-8-2-5-11-17(14)21)15-9-3-6-12-18(15)22/h1-2,4-5,7-12,19-22H,3,6H2. The summed E-state index contributed by atoms with van der Waals surface area (Å²) < 4.78 is 0. The number of aliphatic hydroxyl groups excluding tert-OH is 1. The summed E-state index contributed by atoms with van der Waals surface area (Å²) in [5.41, 5.74) is 2.04. The van der Waals surface area contributed by atoms with Gasteiger partial charge in [0.15, 0.2) is 0 Å². The molecule has 0 spiro atoms. The molecule has 0 heterocycles. The second kappa shape index (κ2) is 5.98. The Morgan fingerprint density at radius 1 is 0.682 bits per heavy atom. The van der Waals surface area contributed by atoms with Crippen molar-refractivity contribution in [1.82, 2.24) is 0 Å². The quantitative estimate of drug-likeness (QED) is 0.786. The third-order valence-electron chi connectivity index (χ3n) is 3.97. The molecule has 0 unspecified atom stereocenters. The van der Waals surface area contributed by atoms with Crippen molar-refractivity contribution in [3.63, 3.8) is 0 Å². The van der Waals surface area contributed by atoms with Crippen molar-refractivity contribution in [3.8, 4) is 11.5 Å². The lowest BCUT2D eigenvalue weighted by atomic mass is 9.81. The largest absolute Gasteiger partial charge is 0.508 e. The zero-order chi connectivity index (χ0) is 15.5. The number of para-hydroxylation sites is 2. The smallest absolute Gasteiger partial charge is 0.119 e. The summed E-state index contributed by atoms with van der Waals surface area (Å²) in [5.74, 6) is 0.103. The van der Waals surface area contributed by atoms with Gasteiger partial charge in [0.05, 0.1) is 0 Å². The van der Waals surface area contributed by atoms with Gasteiger partial charge in [-0.1, -0.05) is 42.5 Å². The van der Waals surface area contributed by atoms with E-state index in [4.69, 9.17) is 0 Å². The topological polar surface area (TPSA) is 60.7 Å². The number of phenols is 2. The van der Waals surface area contributed by atoms with Gasteiger partial charge >= 0.3 is 0 Å². The maximum atomic E-state index is 10.3. The van der Waals surface area contributed by atoms with Crippen molar-refractivity contribution >= 4 is 0 Å². The minimum absolute atomic E-state index is 0.148. The predicted molar refractivity (Wildman–Crippen MR) is 86.1 cm³/mol. The molecule has 3 nitrogen and oxygen atoms in total. The number of rotatable bonds is 3. The maximum Gasteiger partial charge on any atom is 0.119 e. The summed E-state index contributed by atoms with van der Waals surface area (Å²) in [4.78, 5) is 0. The van der Waals surface area contributed by atoms with E-state index in [0.29, 0.717) is 16.7 Å². The number of allylic oxidation sites excluding steroid dienone is 3. The number of aliphatic hydroxyl groups is 1. The molecule has 0 bridgehead atoms. The molecule has 0 atom stereocenters. The molecule has 2 aromatic rings. The van der Waals surface area contributed by atoms with Gasteiger partial charge in [0.2, 0.25) is 0 Å². The van der Waals surface area contributed by atoms with Crippen molar-refractivity contribution in [2.45, 2.75) is 18.8 Å². The lowest BCUT2D eigenvalue weighted by Gasteiger charge is -2.24. The fourth-order valence-electron chi connectivity index (χ4n) is 2.91. The first-order chi connectivity index (χ1) is 10.7. The minimum atomic E-state index is -0.404. The van der Waals surface area contributed by atoms with E-state index in [1.807, 2.05) is 30.3 Å². The monoisotopic (exact) mass is 294 g/mol. The third kappa shape index (κ3) is 2.58. The van der Waals surface area contributed by atoms with Gasteiger partial charge in [-0.05, 0) is 31.1 Å². The van der Waals surface area contributed by atoms with E-state index in [0.717, 1.165) is 12.8 Å². The minimum Gasteiger partial charge on any atom is -0.508 e. The molecule has 0 radical (unpaired) electrons. The predicted octanol–water partition coefficient (Wildman–Crippen LogP) is 4.39. The molecule has 2 aromatic carbocycles. The summed E-state index contributed by atoms with van der Waals surface area (Å²) >= 11 is 0. The molecule has 3 N–H and O–H groups in total. The molecule has 112 valence electrons. The summed E-state index contributed by atoms with van der Waals surface area (Å²) in [6.07, 6.45) is 5.38. The molecule has 1 aliphatic rings. The molecule has 0 saturated carbocycles. The lowest BCUT2D eigenvalue weighted by molar-refractivity contribution is 0.407. The van der Waals surface area contributed by atoms with E-state index < -0.39 is 5.92 Å². The van der Waals surface area contributed by atoms with Gasteiger partial charge in [-0.15, -0.1) is 0 Å². The first-order valence-corrected chi connectivity index (χ1v) is 7.34. The summed E-state index contributed by atoms with van der Waals surface area (Å²) in [6, 6.07) is 14.1. The molecule has 0 aliphatic heterocycles. The van der Waals surface area contributed by atoms with Gasteiger partial charge in [0.1, 0.15) is 17.3 Å². The molecule has 0 saturated heterocycles. The van der Waals surface area contributed by atoms with E-state index in [9.17, 15) is 15.3 Å². The average molecular weight is 294 g/mol. The zero-order valence-electron chi connectivity index (χ0n) is 12.1. The van der Waals surface area contributed by atoms with Crippen LogP contribution >= 0.6 is 0 Å². The van der Waals surface area contributed by atoms with Crippen molar-refractivity contribution in [2.75, 3.05) is 0 Å². The van der Waals surface area contributed by atoms with Crippen LogP contribution in [0.15, 0.2) is 72.0 Å². The Morgan fingerprint density at radius 3 is 1.68 bits per heavy atom. The molecule has 0 aromatic heterocycles. The third-order valence-corrected chi connectivity index (χ3v) is 3.97. The number of benzene rings is 2. The van der Waals surface area contributed by atoms with Gasteiger partial charge in [-0.2, -0.15) is 0 Å². The highest BCUT2D eigenvalue weighted by molar-refractivity contribution is 5.55. The highest BCUT2D eigenvalue weighted by atomic mass is 16.3. The van der Waals surface area contributed by atoms with Crippen molar-refractivity contribution in [2.24, 2.45) is 0 Å². The second-order valence-electron chi connectivity index (χ2n) is 5.38. The van der Waals surface area contributed by atoms with Gasteiger partial charge < -0.3 is 15.3 Å². The molecule has 0 amide bonds. The molecule has 1 aliphatic carbocycles. The fraction of sp³-hybridized carbons (Fsp3) is 0.158. The van der Waals surface area contributed by atoms with E-state index in [2.05, 4.69) is 0 Å². The Kier molecular flexibility index (Phi) is 3.88. The lowest BCUT2D eigenvalue weighted by Crippen LogP contribution is -2.09. The summed E-state index contributed by atoms with van der Waals surface area (Å²) in [6.45, 7) is 0.